The first kappa shape index (κ1) is 17.9. The second-order valence-corrected chi connectivity index (χ2v) is 6.66. The first-order valence-electron chi connectivity index (χ1n) is 8.07. The number of amides is 2. The molecule has 2 amide bonds. The van der Waals surface area contributed by atoms with Gasteiger partial charge in [0.25, 0.3) is 11.8 Å². The summed E-state index contributed by atoms with van der Waals surface area (Å²) in [6, 6.07) is 6.25. The topological polar surface area (TPSA) is 50.3 Å². The number of allylic oxidation sites excluding steroid dienone is 2. The summed E-state index contributed by atoms with van der Waals surface area (Å²) in [4.78, 5) is 30.4. The highest BCUT2D eigenvalue weighted by Gasteiger charge is 2.34. The van der Waals surface area contributed by atoms with E-state index in [4.69, 9.17) is 0 Å². The second-order valence-electron chi connectivity index (χ2n) is 5.80. The SMILES string of the molecule is C=C/C=C\C1=C(C)C(=O)N(CCc2csc(-c3cccc(F)c3)n2)C1=O. The predicted molar refractivity (Wildman–Crippen MR) is 100.0 cm³/mol. The van der Waals surface area contributed by atoms with Gasteiger partial charge in [0.15, 0.2) is 0 Å². The van der Waals surface area contributed by atoms with Gasteiger partial charge in [0, 0.05) is 35.1 Å². The Morgan fingerprint density at radius 1 is 1.31 bits per heavy atom. The first-order valence-corrected chi connectivity index (χ1v) is 8.95. The molecule has 0 radical (unpaired) electrons. The fourth-order valence-electron chi connectivity index (χ4n) is 2.68. The van der Waals surface area contributed by atoms with Gasteiger partial charge in [-0.3, -0.25) is 14.5 Å². The third kappa shape index (κ3) is 3.55. The molecule has 1 aliphatic rings. The van der Waals surface area contributed by atoms with Gasteiger partial charge in [-0.2, -0.15) is 0 Å². The summed E-state index contributed by atoms with van der Waals surface area (Å²) in [6.07, 6.45) is 5.26. The summed E-state index contributed by atoms with van der Waals surface area (Å²) in [7, 11) is 0. The van der Waals surface area contributed by atoms with Crippen LogP contribution in [-0.2, 0) is 16.0 Å². The van der Waals surface area contributed by atoms with E-state index in [1.807, 2.05) is 5.38 Å². The van der Waals surface area contributed by atoms with E-state index >= 15 is 0 Å². The van der Waals surface area contributed by atoms with Crippen LogP contribution in [0.1, 0.15) is 12.6 Å². The highest BCUT2D eigenvalue weighted by atomic mass is 32.1. The zero-order valence-electron chi connectivity index (χ0n) is 14.2. The lowest BCUT2D eigenvalue weighted by Crippen LogP contribution is -2.33. The zero-order chi connectivity index (χ0) is 18.7. The molecule has 1 aromatic heterocycles. The maximum Gasteiger partial charge on any atom is 0.261 e. The van der Waals surface area contributed by atoms with E-state index in [2.05, 4.69) is 11.6 Å². The standard InChI is InChI=1S/C20H17FN2O2S/c1-3-4-8-17-13(2)19(24)23(20(17)25)10-9-16-12-26-18(22-16)14-6-5-7-15(21)11-14/h3-8,11-12H,1,9-10H2,2H3/b8-4-. The van der Waals surface area contributed by atoms with Crippen molar-refractivity contribution < 1.29 is 14.0 Å². The van der Waals surface area contributed by atoms with Crippen LogP contribution in [0.15, 0.2) is 65.6 Å². The van der Waals surface area contributed by atoms with Crippen molar-refractivity contribution in [2.24, 2.45) is 0 Å². The smallest absolute Gasteiger partial charge is 0.261 e. The quantitative estimate of drug-likeness (QED) is 0.574. The molecule has 6 heteroatoms. The van der Waals surface area contributed by atoms with Crippen LogP contribution in [-0.4, -0.2) is 28.2 Å². The Morgan fingerprint density at radius 3 is 2.85 bits per heavy atom. The number of aromatic nitrogens is 1. The van der Waals surface area contributed by atoms with Crippen LogP contribution in [0, 0.1) is 5.82 Å². The van der Waals surface area contributed by atoms with Crippen LogP contribution in [0.25, 0.3) is 10.6 Å². The lowest BCUT2D eigenvalue weighted by molar-refractivity contribution is -0.137. The monoisotopic (exact) mass is 368 g/mol. The van der Waals surface area contributed by atoms with Crippen LogP contribution in [0.4, 0.5) is 4.39 Å². The highest BCUT2D eigenvalue weighted by Crippen LogP contribution is 2.26. The maximum atomic E-state index is 13.3. The van der Waals surface area contributed by atoms with Crippen LogP contribution < -0.4 is 0 Å². The van der Waals surface area contributed by atoms with Gasteiger partial charge in [-0.05, 0) is 25.1 Å². The summed E-state index contributed by atoms with van der Waals surface area (Å²) in [5.41, 5.74) is 2.31. The maximum absolute atomic E-state index is 13.3. The van der Waals surface area contributed by atoms with E-state index in [1.54, 1.807) is 37.3 Å². The lowest BCUT2D eigenvalue weighted by atomic mass is 10.1. The number of hydrogen-bond donors (Lipinski definition) is 0. The van der Waals surface area contributed by atoms with E-state index in [1.165, 1.54) is 28.4 Å². The fraction of sp³-hybridized carbons (Fsp3) is 0.150. The Labute approximate surface area is 155 Å². The normalized spacial score (nSPS) is 14.8. The molecule has 0 saturated carbocycles. The number of benzene rings is 1. The van der Waals surface area contributed by atoms with E-state index in [0.717, 1.165) is 5.69 Å². The largest absolute Gasteiger partial charge is 0.274 e. The Balaban J connectivity index is 1.69. The van der Waals surface area contributed by atoms with Gasteiger partial charge in [0.1, 0.15) is 10.8 Å². The summed E-state index contributed by atoms with van der Waals surface area (Å²) < 4.78 is 13.3. The average molecular weight is 368 g/mol. The number of rotatable bonds is 6. The van der Waals surface area contributed by atoms with Gasteiger partial charge in [0.05, 0.1) is 5.69 Å². The number of thiazole rings is 1. The number of hydrogen-bond acceptors (Lipinski definition) is 4. The van der Waals surface area contributed by atoms with Gasteiger partial charge in [-0.25, -0.2) is 9.37 Å². The minimum absolute atomic E-state index is 0.257. The van der Waals surface area contributed by atoms with E-state index in [9.17, 15) is 14.0 Å². The molecule has 0 bridgehead atoms. The minimum atomic E-state index is -0.311. The van der Waals surface area contributed by atoms with E-state index in [0.29, 0.717) is 28.1 Å². The summed E-state index contributed by atoms with van der Waals surface area (Å²) in [6.45, 7) is 5.47. The summed E-state index contributed by atoms with van der Waals surface area (Å²) in [5, 5.41) is 2.58. The van der Waals surface area contributed by atoms with Crippen molar-refractivity contribution in [1.82, 2.24) is 9.88 Å². The third-order valence-corrected chi connectivity index (χ3v) is 5.00. The molecule has 1 aliphatic heterocycles. The molecular formula is C20H17FN2O2S. The molecule has 132 valence electrons. The number of carbonyl (C=O) groups excluding carboxylic acids is 2. The molecular weight excluding hydrogens is 351 g/mol. The number of halogens is 1. The molecule has 4 nitrogen and oxygen atoms in total. The van der Waals surface area contributed by atoms with Crippen LogP contribution >= 0.6 is 11.3 Å². The van der Waals surface area contributed by atoms with Crippen LogP contribution in [0.5, 0.6) is 0 Å². The summed E-state index contributed by atoms with van der Waals surface area (Å²) in [5.74, 6) is -0.889. The van der Waals surface area contributed by atoms with E-state index < -0.39 is 0 Å². The molecule has 0 saturated heterocycles. The highest BCUT2D eigenvalue weighted by molar-refractivity contribution is 7.13. The summed E-state index contributed by atoms with van der Waals surface area (Å²) >= 11 is 1.41. The van der Waals surface area contributed by atoms with Gasteiger partial charge in [-0.15, -0.1) is 11.3 Å². The van der Waals surface area contributed by atoms with Crippen molar-refractivity contribution in [1.29, 1.82) is 0 Å². The van der Waals surface area contributed by atoms with Crippen molar-refractivity contribution >= 4 is 23.2 Å². The molecule has 2 aromatic rings. The van der Waals surface area contributed by atoms with Gasteiger partial charge in [-0.1, -0.05) is 30.9 Å². The lowest BCUT2D eigenvalue weighted by Gasteiger charge is -2.13. The molecule has 2 heterocycles. The number of nitrogens with zero attached hydrogens (tertiary/aromatic N) is 2. The molecule has 1 aromatic carbocycles. The van der Waals surface area contributed by atoms with Crippen LogP contribution in [0.3, 0.4) is 0 Å². The van der Waals surface area contributed by atoms with Gasteiger partial charge in [0.2, 0.25) is 0 Å². The Kier molecular flexibility index (Phi) is 5.23. The number of imide groups is 1. The van der Waals surface area contributed by atoms with Crippen molar-refractivity contribution in [2.45, 2.75) is 13.3 Å². The van der Waals surface area contributed by atoms with E-state index in [-0.39, 0.29) is 24.2 Å². The van der Waals surface area contributed by atoms with Crippen molar-refractivity contribution in [3.63, 3.8) is 0 Å². The van der Waals surface area contributed by atoms with Crippen molar-refractivity contribution in [3.05, 3.63) is 77.1 Å². The van der Waals surface area contributed by atoms with Crippen LogP contribution in [0.2, 0.25) is 0 Å². The molecule has 0 spiro atoms. The Bertz CT molecular complexity index is 943. The fourth-order valence-corrected chi connectivity index (χ4v) is 3.53. The molecule has 0 unspecified atom stereocenters. The second kappa shape index (κ2) is 7.58. The molecule has 0 N–H and O–H groups in total. The zero-order valence-corrected chi connectivity index (χ0v) is 15.1. The van der Waals surface area contributed by atoms with Gasteiger partial charge >= 0.3 is 0 Å². The van der Waals surface area contributed by atoms with Crippen molar-refractivity contribution in [3.8, 4) is 10.6 Å². The minimum Gasteiger partial charge on any atom is -0.274 e. The molecule has 3 rings (SSSR count). The first-order chi connectivity index (χ1) is 12.5. The average Bonchev–Trinajstić information content (AvgIpc) is 3.17. The Morgan fingerprint density at radius 2 is 2.12 bits per heavy atom. The van der Waals surface area contributed by atoms with Gasteiger partial charge < -0.3 is 0 Å². The third-order valence-electron chi connectivity index (χ3n) is 4.06. The number of carbonyl (C=O) groups is 2. The van der Waals surface area contributed by atoms with Crippen molar-refractivity contribution in [2.75, 3.05) is 6.54 Å². The molecule has 0 aliphatic carbocycles. The molecule has 0 fully saturated rings. The molecule has 0 atom stereocenters. The molecule has 26 heavy (non-hydrogen) atoms. The Hall–Kier alpha value is -2.86. The predicted octanol–water partition coefficient (Wildman–Crippen LogP) is 3.92.